The number of hydrogen-bond donors (Lipinski definition) is 1. The van der Waals surface area contributed by atoms with Gasteiger partial charge < -0.3 is 5.32 Å². The van der Waals surface area contributed by atoms with E-state index in [2.05, 4.69) is 20.3 Å². The van der Waals surface area contributed by atoms with Crippen molar-refractivity contribution >= 4 is 5.91 Å². The van der Waals surface area contributed by atoms with Gasteiger partial charge >= 0.3 is 0 Å². The van der Waals surface area contributed by atoms with Gasteiger partial charge in [-0.1, -0.05) is 6.92 Å². The number of hydrogen-bond acceptors (Lipinski definition) is 4. The first-order valence-electron chi connectivity index (χ1n) is 6.73. The van der Waals surface area contributed by atoms with Crippen LogP contribution >= 0.6 is 0 Å². The summed E-state index contributed by atoms with van der Waals surface area (Å²) in [7, 11) is 0. The lowest BCUT2D eigenvalue weighted by Crippen LogP contribution is -2.28. The maximum absolute atomic E-state index is 12.0. The molecule has 0 fully saturated rings. The van der Waals surface area contributed by atoms with Crippen LogP contribution in [0.5, 0.6) is 0 Å². The van der Waals surface area contributed by atoms with Crippen molar-refractivity contribution in [3.8, 4) is 0 Å². The summed E-state index contributed by atoms with van der Waals surface area (Å²) < 4.78 is 0. The fourth-order valence-electron chi connectivity index (χ4n) is 1.98. The molecule has 0 bridgehead atoms. The number of rotatable bonds is 6. The molecule has 104 valence electrons. The van der Waals surface area contributed by atoms with Crippen molar-refractivity contribution in [2.24, 2.45) is 0 Å². The van der Waals surface area contributed by atoms with Crippen LogP contribution in [0.25, 0.3) is 0 Å². The maximum Gasteiger partial charge on any atom is 0.220 e. The first-order valence-corrected chi connectivity index (χ1v) is 6.73. The third-order valence-corrected chi connectivity index (χ3v) is 3.08. The maximum atomic E-state index is 12.0. The molecule has 5 nitrogen and oxygen atoms in total. The summed E-state index contributed by atoms with van der Waals surface area (Å²) in [5, 5.41) is 3.04. The molecule has 0 saturated carbocycles. The van der Waals surface area contributed by atoms with Crippen molar-refractivity contribution in [2.45, 2.75) is 32.2 Å². The van der Waals surface area contributed by atoms with Crippen LogP contribution in [-0.2, 0) is 11.2 Å². The zero-order valence-corrected chi connectivity index (χ0v) is 11.5. The van der Waals surface area contributed by atoms with E-state index in [0.29, 0.717) is 12.8 Å². The second-order valence-corrected chi connectivity index (χ2v) is 4.51. The number of nitrogens with zero attached hydrogens (tertiary/aromatic N) is 3. The second-order valence-electron chi connectivity index (χ2n) is 4.51. The molecule has 5 heteroatoms. The summed E-state index contributed by atoms with van der Waals surface area (Å²) in [6.07, 6.45) is 10.3. The Labute approximate surface area is 118 Å². The Morgan fingerprint density at radius 2 is 2.00 bits per heavy atom. The van der Waals surface area contributed by atoms with Gasteiger partial charge in [0.25, 0.3) is 0 Å². The standard InChI is InChI=1S/C15H18N4O/c1-2-14(12-5-7-16-8-6-12)19-15(20)4-3-13-11-17-9-10-18-13/h5-11,14H,2-4H2,1H3,(H,19,20). The Balaban J connectivity index is 1.87. The van der Waals surface area contributed by atoms with E-state index < -0.39 is 0 Å². The predicted molar refractivity (Wildman–Crippen MR) is 75.8 cm³/mol. The lowest BCUT2D eigenvalue weighted by Gasteiger charge is -2.17. The molecule has 2 aromatic rings. The number of amides is 1. The van der Waals surface area contributed by atoms with Gasteiger partial charge in [0, 0.05) is 37.4 Å². The summed E-state index contributed by atoms with van der Waals surface area (Å²) in [6, 6.07) is 3.89. The second kappa shape index (κ2) is 7.33. The van der Waals surface area contributed by atoms with Crippen molar-refractivity contribution in [2.75, 3.05) is 0 Å². The monoisotopic (exact) mass is 270 g/mol. The summed E-state index contributed by atoms with van der Waals surface area (Å²) in [6.45, 7) is 2.05. The van der Waals surface area contributed by atoms with Gasteiger partial charge in [0.2, 0.25) is 5.91 Å². The fraction of sp³-hybridized carbons (Fsp3) is 0.333. The van der Waals surface area contributed by atoms with E-state index in [1.807, 2.05) is 19.1 Å². The molecule has 0 radical (unpaired) electrons. The van der Waals surface area contributed by atoms with E-state index in [4.69, 9.17) is 0 Å². The number of carbonyl (C=O) groups is 1. The van der Waals surface area contributed by atoms with Crippen LogP contribution in [0.4, 0.5) is 0 Å². The average Bonchev–Trinajstić information content (AvgIpc) is 2.52. The first kappa shape index (κ1) is 14.1. The number of aromatic nitrogens is 3. The average molecular weight is 270 g/mol. The third kappa shape index (κ3) is 4.12. The van der Waals surface area contributed by atoms with E-state index in [0.717, 1.165) is 17.7 Å². The van der Waals surface area contributed by atoms with E-state index in [1.165, 1.54) is 0 Å². The van der Waals surface area contributed by atoms with Crippen LogP contribution in [0.1, 0.15) is 37.1 Å². The topological polar surface area (TPSA) is 67.8 Å². The molecule has 0 spiro atoms. The number of carbonyl (C=O) groups excluding carboxylic acids is 1. The van der Waals surface area contributed by atoms with Crippen molar-refractivity contribution in [1.82, 2.24) is 20.3 Å². The molecule has 0 aliphatic rings. The Kier molecular flexibility index (Phi) is 5.17. The van der Waals surface area contributed by atoms with Crippen molar-refractivity contribution < 1.29 is 4.79 Å². The molecule has 0 aromatic carbocycles. The smallest absolute Gasteiger partial charge is 0.220 e. The third-order valence-electron chi connectivity index (χ3n) is 3.08. The summed E-state index contributed by atoms with van der Waals surface area (Å²) in [4.78, 5) is 24.1. The highest BCUT2D eigenvalue weighted by molar-refractivity contribution is 5.76. The van der Waals surface area contributed by atoms with Gasteiger partial charge in [-0.15, -0.1) is 0 Å². The summed E-state index contributed by atoms with van der Waals surface area (Å²) >= 11 is 0. The predicted octanol–water partition coefficient (Wildman–Crippen LogP) is 2.07. The molecule has 2 rings (SSSR count). The van der Waals surface area contributed by atoms with Crippen LogP contribution in [0, 0.1) is 0 Å². The SMILES string of the molecule is CCC(NC(=O)CCc1cnccn1)c1ccncc1. The first-order chi connectivity index (χ1) is 9.79. The molecule has 1 atom stereocenters. The molecule has 1 unspecified atom stereocenters. The minimum atomic E-state index is 0.0271. The largest absolute Gasteiger partial charge is 0.349 e. The van der Waals surface area contributed by atoms with Crippen LogP contribution in [-0.4, -0.2) is 20.9 Å². The van der Waals surface area contributed by atoms with Crippen molar-refractivity contribution in [3.63, 3.8) is 0 Å². The quantitative estimate of drug-likeness (QED) is 0.872. The van der Waals surface area contributed by atoms with Crippen LogP contribution in [0.3, 0.4) is 0 Å². The van der Waals surface area contributed by atoms with Gasteiger partial charge in [0.05, 0.1) is 11.7 Å². The van der Waals surface area contributed by atoms with Crippen LogP contribution < -0.4 is 5.32 Å². The van der Waals surface area contributed by atoms with Gasteiger partial charge in [-0.3, -0.25) is 19.7 Å². The molecule has 0 aliphatic carbocycles. The van der Waals surface area contributed by atoms with Gasteiger partial charge in [-0.05, 0) is 30.5 Å². The highest BCUT2D eigenvalue weighted by atomic mass is 16.1. The molecule has 20 heavy (non-hydrogen) atoms. The highest BCUT2D eigenvalue weighted by Crippen LogP contribution is 2.15. The van der Waals surface area contributed by atoms with Gasteiger partial charge in [-0.25, -0.2) is 0 Å². The molecular weight excluding hydrogens is 252 g/mol. The molecule has 2 aromatic heterocycles. The van der Waals surface area contributed by atoms with E-state index in [-0.39, 0.29) is 11.9 Å². The number of aryl methyl sites for hydroxylation is 1. The van der Waals surface area contributed by atoms with Gasteiger partial charge in [0.15, 0.2) is 0 Å². The molecular formula is C15H18N4O. The summed E-state index contributed by atoms with van der Waals surface area (Å²) in [5.74, 6) is 0.0271. The van der Waals surface area contributed by atoms with Crippen LogP contribution in [0.15, 0.2) is 43.1 Å². The van der Waals surface area contributed by atoms with E-state index in [9.17, 15) is 4.79 Å². The minimum absolute atomic E-state index is 0.0271. The normalized spacial score (nSPS) is 11.8. The van der Waals surface area contributed by atoms with Gasteiger partial charge in [0.1, 0.15) is 0 Å². The van der Waals surface area contributed by atoms with Gasteiger partial charge in [-0.2, -0.15) is 0 Å². The van der Waals surface area contributed by atoms with Crippen LogP contribution in [0.2, 0.25) is 0 Å². The number of pyridine rings is 1. The van der Waals surface area contributed by atoms with Crippen molar-refractivity contribution in [3.05, 3.63) is 54.4 Å². The van der Waals surface area contributed by atoms with Crippen molar-refractivity contribution in [1.29, 1.82) is 0 Å². The molecule has 0 aliphatic heterocycles. The molecule has 2 heterocycles. The zero-order chi connectivity index (χ0) is 14.2. The lowest BCUT2D eigenvalue weighted by molar-refractivity contribution is -0.121. The Bertz CT molecular complexity index is 530. The summed E-state index contributed by atoms with van der Waals surface area (Å²) in [5.41, 5.74) is 1.91. The minimum Gasteiger partial charge on any atom is -0.349 e. The van der Waals surface area contributed by atoms with E-state index in [1.54, 1.807) is 31.0 Å². The molecule has 1 amide bonds. The zero-order valence-electron chi connectivity index (χ0n) is 11.5. The highest BCUT2D eigenvalue weighted by Gasteiger charge is 2.12. The Morgan fingerprint density at radius 3 is 2.65 bits per heavy atom. The van der Waals surface area contributed by atoms with E-state index >= 15 is 0 Å². The Morgan fingerprint density at radius 1 is 1.20 bits per heavy atom. The fourth-order valence-corrected chi connectivity index (χ4v) is 1.98. The molecule has 0 saturated heterocycles. The Hall–Kier alpha value is -2.30. The lowest BCUT2D eigenvalue weighted by atomic mass is 10.1. The number of nitrogens with one attached hydrogen (secondary N) is 1. The molecule has 1 N–H and O–H groups in total.